The molecule has 0 aromatic carbocycles. The summed E-state index contributed by atoms with van der Waals surface area (Å²) in [5.74, 6) is 0.498. The number of aliphatic imine (C=N–C) groups is 1. The van der Waals surface area contributed by atoms with Crippen LogP contribution in [-0.2, 0) is 9.47 Å². The average Bonchev–Trinajstić information content (AvgIpc) is 2.54. The van der Waals surface area contributed by atoms with Crippen molar-refractivity contribution in [3.8, 4) is 0 Å². The number of ether oxygens (including phenoxy) is 2. The molecule has 0 aromatic heterocycles. The Labute approximate surface area is 146 Å². The van der Waals surface area contributed by atoms with E-state index in [0.717, 1.165) is 32.2 Å². The zero-order valence-corrected chi connectivity index (χ0v) is 15.8. The van der Waals surface area contributed by atoms with Crippen LogP contribution in [0.5, 0.6) is 0 Å². The molecule has 3 N–H and O–H groups in total. The Morgan fingerprint density at radius 3 is 2.67 bits per heavy atom. The molecule has 24 heavy (non-hydrogen) atoms. The summed E-state index contributed by atoms with van der Waals surface area (Å²) in [6.07, 6.45) is 3.51. The minimum absolute atomic E-state index is 0.0883. The van der Waals surface area contributed by atoms with Crippen molar-refractivity contribution in [2.75, 3.05) is 40.2 Å². The third-order valence-electron chi connectivity index (χ3n) is 4.48. The fraction of sp³-hybridized carbons (Fsp3) is 0.944. The van der Waals surface area contributed by atoms with Crippen molar-refractivity contribution in [2.45, 2.75) is 58.6 Å². The molecule has 6 heteroatoms. The molecule has 1 rings (SSSR count). The predicted octanol–water partition coefficient (Wildman–Crippen LogP) is 1.60. The van der Waals surface area contributed by atoms with Gasteiger partial charge in [0.2, 0.25) is 0 Å². The first-order chi connectivity index (χ1) is 11.4. The van der Waals surface area contributed by atoms with Gasteiger partial charge in [-0.2, -0.15) is 0 Å². The molecule has 0 bridgehead atoms. The molecule has 1 aliphatic rings. The fourth-order valence-electron chi connectivity index (χ4n) is 3.38. The van der Waals surface area contributed by atoms with Gasteiger partial charge in [-0.3, -0.25) is 4.99 Å². The van der Waals surface area contributed by atoms with Crippen LogP contribution in [0.15, 0.2) is 4.99 Å². The van der Waals surface area contributed by atoms with Gasteiger partial charge in [-0.05, 0) is 44.1 Å². The summed E-state index contributed by atoms with van der Waals surface area (Å²) in [5, 5.41) is 21.3. The van der Waals surface area contributed by atoms with Crippen LogP contribution in [0.2, 0.25) is 0 Å². The maximum Gasteiger partial charge on any atom is 0.146 e. The third kappa shape index (κ3) is 8.03. The molecule has 3 atom stereocenters. The smallest absolute Gasteiger partial charge is 0.146 e. The van der Waals surface area contributed by atoms with E-state index in [9.17, 15) is 5.11 Å². The Hall–Kier alpha value is -0.530. The Kier molecular flexibility index (Phi) is 10.0. The summed E-state index contributed by atoms with van der Waals surface area (Å²) < 4.78 is 10.8. The average molecular weight is 344 g/mol. The van der Waals surface area contributed by atoms with E-state index in [4.69, 9.17) is 19.6 Å². The van der Waals surface area contributed by atoms with E-state index in [0.29, 0.717) is 12.5 Å². The minimum Gasteiger partial charge on any atom is -0.394 e. The molecule has 1 aliphatic carbocycles. The van der Waals surface area contributed by atoms with Crippen LogP contribution in [0.4, 0.5) is 0 Å². The second kappa shape index (κ2) is 11.2. The largest absolute Gasteiger partial charge is 0.394 e. The van der Waals surface area contributed by atoms with Crippen LogP contribution in [0.3, 0.4) is 0 Å². The Morgan fingerprint density at radius 2 is 2.04 bits per heavy atom. The van der Waals surface area contributed by atoms with Gasteiger partial charge in [0.1, 0.15) is 12.9 Å². The second-order valence-corrected chi connectivity index (χ2v) is 7.55. The molecule has 142 valence electrons. The van der Waals surface area contributed by atoms with Crippen molar-refractivity contribution < 1.29 is 19.7 Å². The monoisotopic (exact) mass is 344 g/mol. The highest BCUT2D eigenvalue weighted by Crippen LogP contribution is 2.38. The third-order valence-corrected chi connectivity index (χ3v) is 4.48. The van der Waals surface area contributed by atoms with E-state index in [1.54, 1.807) is 0 Å². The second-order valence-electron chi connectivity index (χ2n) is 7.55. The molecule has 0 amide bonds. The summed E-state index contributed by atoms with van der Waals surface area (Å²) in [5.41, 5.74) is 1.60. The van der Waals surface area contributed by atoms with E-state index in [1.807, 2.05) is 7.05 Å². The van der Waals surface area contributed by atoms with Gasteiger partial charge in [0.15, 0.2) is 0 Å². The first-order valence-electron chi connectivity index (χ1n) is 9.05. The van der Waals surface area contributed by atoms with Crippen molar-refractivity contribution in [1.82, 2.24) is 5.32 Å². The first kappa shape index (κ1) is 21.5. The number of rotatable bonds is 11. The molecule has 3 unspecified atom stereocenters. The lowest BCUT2D eigenvalue weighted by molar-refractivity contribution is -0.0926. The Bertz CT molecular complexity index is 374. The molecule has 1 saturated carbocycles. The summed E-state index contributed by atoms with van der Waals surface area (Å²) in [6.45, 7) is 8.19. The van der Waals surface area contributed by atoms with E-state index < -0.39 is 6.10 Å². The number of nitrogens with one attached hydrogen (secondary N) is 1. The van der Waals surface area contributed by atoms with Crippen molar-refractivity contribution in [1.29, 1.82) is 0 Å². The highest BCUT2D eigenvalue weighted by molar-refractivity contribution is 5.86. The molecular formula is C18H36N2O4. The van der Waals surface area contributed by atoms with Crippen molar-refractivity contribution in [2.24, 2.45) is 16.3 Å². The minimum atomic E-state index is -0.842. The molecule has 0 spiro atoms. The molecule has 0 saturated heterocycles. The van der Waals surface area contributed by atoms with Crippen LogP contribution >= 0.6 is 0 Å². The van der Waals surface area contributed by atoms with Gasteiger partial charge in [0.05, 0.1) is 19.8 Å². The molecule has 0 aliphatic heterocycles. The van der Waals surface area contributed by atoms with Gasteiger partial charge in [-0.1, -0.05) is 20.8 Å². The van der Waals surface area contributed by atoms with Gasteiger partial charge in [-0.15, -0.1) is 0 Å². The lowest BCUT2D eigenvalue weighted by atomic mass is 9.69. The topological polar surface area (TPSA) is 83.3 Å². The van der Waals surface area contributed by atoms with E-state index in [-0.39, 0.29) is 31.5 Å². The molecule has 1 fully saturated rings. The number of hydrogen-bond donors (Lipinski definition) is 3. The Morgan fingerprint density at radius 1 is 1.33 bits per heavy atom. The molecule has 0 radical (unpaired) electrons. The van der Waals surface area contributed by atoms with Crippen molar-refractivity contribution >= 4 is 5.71 Å². The van der Waals surface area contributed by atoms with E-state index >= 15 is 0 Å². The van der Waals surface area contributed by atoms with Gasteiger partial charge in [0, 0.05) is 18.3 Å². The van der Waals surface area contributed by atoms with Crippen molar-refractivity contribution in [3.05, 3.63) is 0 Å². The molecular weight excluding hydrogens is 308 g/mol. The number of nitrogens with zero attached hydrogens (tertiary/aromatic N) is 1. The van der Waals surface area contributed by atoms with E-state index in [2.05, 4.69) is 26.1 Å². The normalized spacial score (nSPS) is 24.9. The van der Waals surface area contributed by atoms with Gasteiger partial charge in [0.25, 0.3) is 0 Å². The lowest BCUT2D eigenvalue weighted by Crippen LogP contribution is -2.44. The summed E-state index contributed by atoms with van der Waals surface area (Å²) in [6, 6.07) is 0.253. The molecule has 6 nitrogen and oxygen atoms in total. The van der Waals surface area contributed by atoms with Gasteiger partial charge >= 0.3 is 0 Å². The summed E-state index contributed by atoms with van der Waals surface area (Å²) in [7, 11) is 1.97. The van der Waals surface area contributed by atoms with Crippen LogP contribution in [0, 0.1) is 11.3 Å². The highest BCUT2D eigenvalue weighted by Gasteiger charge is 2.35. The predicted molar refractivity (Wildman–Crippen MR) is 96.4 cm³/mol. The fourth-order valence-corrected chi connectivity index (χ4v) is 3.38. The van der Waals surface area contributed by atoms with Crippen LogP contribution in [0.1, 0.15) is 46.5 Å². The number of hydrogen-bond acceptors (Lipinski definition) is 6. The number of aliphatic hydroxyl groups is 2. The summed E-state index contributed by atoms with van der Waals surface area (Å²) >= 11 is 0. The maximum atomic E-state index is 9.22. The van der Waals surface area contributed by atoms with Crippen LogP contribution < -0.4 is 5.32 Å². The standard InChI is InChI=1S/C18H36N2O4/c1-5-6-20-15-7-14(8-18(2,3)9-15)17(19-4)12-24-13-23-11-16(22)10-21/h14,16-17,19,21-22H,5-13H2,1-4H3. The highest BCUT2D eigenvalue weighted by atomic mass is 16.7. The van der Waals surface area contributed by atoms with Crippen LogP contribution in [0.25, 0.3) is 0 Å². The summed E-state index contributed by atoms with van der Waals surface area (Å²) in [4.78, 5) is 4.77. The van der Waals surface area contributed by atoms with Gasteiger partial charge < -0.3 is 25.0 Å². The maximum absolute atomic E-state index is 9.22. The number of likely N-dealkylation sites (N-methyl/N-ethyl adjacent to an activating group) is 1. The zero-order valence-electron chi connectivity index (χ0n) is 15.8. The first-order valence-corrected chi connectivity index (χ1v) is 9.05. The number of aliphatic hydroxyl groups excluding tert-OH is 2. The lowest BCUT2D eigenvalue weighted by Gasteiger charge is -2.39. The SMILES string of the molecule is CCCN=C1CC(C(COCOCC(O)CO)NC)CC(C)(C)C1. The zero-order chi connectivity index (χ0) is 18.0. The Balaban J connectivity index is 2.47. The molecule has 0 aromatic rings. The van der Waals surface area contributed by atoms with Crippen LogP contribution in [-0.4, -0.2) is 68.3 Å². The quantitative estimate of drug-likeness (QED) is 0.392. The van der Waals surface area contributed by atoms with Gasteiger partial charge in [-0.25, -0.2) is 0 Å². The van der Waals surface area contributed by atoms with E-state index in [1.165, 1.54) is 5.71 Å². The van der Waals surface area contributed by atoms with Crippen molar-refractivity contribution in [3.63, 3.8) is 0 Å². The molecule has 0 heterocycles.